The van der Waals surface area contributed by atoms with Crippen LogP contribution < -0.4 is 25.6 Å². The molecule has 5 aliphatic rings. The number of fused-ring (bicyclic) bond motifs is 1. The summed E-state index contributed by atoms with van der Waals surface area (Å²) >= 11 is 6.14. The lowest BCUT2D eigenvalue weighted by Gasteiger charge is -2.38. The van der Waals surface area contributed by atoms with Crippen molar-refractivity contribution in [2.24, 2.45) is 5.92 Å². The van der Waals surface area contributed by atoms with E-state index in [-0.39, 0.29) is 59.4 Å². The Labute approximate surface area is 345 Å². The minimum absolute atomic E-state index is 0.00874. The number of rotatable bonds is 10. The van der Waals surface area contributed by atoms with Crippen LogP contribution in [-0.2, 0) is 9.59 Å². The Morgan fingerprint density at radius 3 is 2.27 bits per heavy atom. The first kappa shape index (κ1) is 40.1. The number of likely N-dealkylation sites (tertiary alicyclic amines) is 1. The van der Waals surface area contributed by atoms with Crippen molar-refractivity contribution in [3.63, 3.8) is 0 Å². The predicted molar refractivity (Wildman–Crippen MR) is 213 cm³/mol. The lowest BCUT2D eigenvalue weighted by atomic mass is 9.92. The summed E-state index contributed by atoms with van der Waals surface area (Å²) in [5, 5.41) is 26.6. The van der Waals surface area contributed by atoms with Crippen molar-refractivity contribution >= 4 is 52.6 Å². The van der Waals surface area contributed by atoms with Crippen LogP contribution in [0.2, 0.25) is 5.02 Å². The molecule has 308 valence electrons. The predicted octanol–water partition coefficient (Wildman–Crippen LogP) is 4.45. The lowest BCUT2D eigenvalue weighted by molar-refractivity contribution is -0.136. The Morgan fingerprint density at radius 1 is 0.881 bits per heavy atom. The number of anilines is 2. The van der Waals surface area contributed by atoms with Crippen LogP contribution >= 0.6 is 11.6 Å². The van der Waals surface area contributed by atoms with E-state index in [0.29, 0.717) is 22.3 Å². The molecule has 4 aliphatic heterocycles. The number of hydrogen-bond acceptors (Lipinski definition) is 12. The van der Waals surface area contributed by atoms with Crippen molar-refractivity contribution in [2.45, 2.75) is 88.4 Å². The van der Waals surface area contributed by atoms with Gasteiger partial charge in [0.05, 0.1) is 33.5 Å². The van der Waals surface area contributed by atoms with Crippen LogP contribution in [0.5, 0.6) is 5.75 Å². The zero-order valence-electron chi connectivity index (χ0n) is 32.4. The van der Waals surface area contributed by atoms with Gasteiger partial charge in [-0.2, -0.15) is 5.26 Å². The smallest absolute Gasteiger partial charge is 0.272 e. The number of nitrogens with one attached hydrogen (secondary N) is 3. The van der Waals surface area contributed by atoms with Crippen molar-refractivity contribution in [3.8, 4) is 11.8 Å². The maximum Gasteiger partial charge on any atom is 0.272 e. The largest absolute Gasteiger partial charge is 0.490 e. The fourth-order valence-electron chi connectivity index (χ4n) is 8.84. The minimum Gasteiger partial charge on any atom is -0.490 e. The number of carbonyl (C=O) groups is 5. The highest BCUT2D eigenvalue weighted by Crippen LogP contribution is 2.33. The van der Waals surface area contributed by atoms with Crippen LogP contribution in [0.25, 0.3) is 0 Å². The van der Waals surface area contributed by atoms with Crippen LogP contribution in [0, 0.1) is 23.1 Å². The van der Waals surface area contributed by atoms with Gasteiger partial charge >= 0.3 is 0 Å². The average molecular weight is 826 g/mol. The van der Waals surface area contributed by atoms with Gasteiger partial charge in [-0.3, -0.25) is 34.2 Å². The molecular weight excluding hydrogens is 781 g/mol. The standard InChI is InChI=1S/C42H45ClFN9O6/c43-32-19-29(4-1-25(32)22-45)59-28-5-2-26(3-6-28)47-39(55)34-7-9-37(50-49-34)52-17-11-24(12-18-52)23-51-15-13-27(14-16-51)46-35-21-31-30(20-33(35)44)41(57)53(42(31)58)36-8-10-38(54)48-40(36)56/h1,4,7,9,19-21,24,26-28,36,46H,2-3,5-6,8,10-18,23H2,(H,47,55)(H,48,54,56)/t26-,28-,36?. The normalized spacial score (nSPS) is 23.1. The highest BCUT2D eigenvalue weighted by molar-refractivity contribution is 6.31. The van der Waals surface area contributed by atoms with Crippen molar-refractivity contribution in [1.29, 1.82) is 5.26 Å². The van der Waals surface area contributed by atoms with E-state index >= 15 is 4.39 Å². The second-order valence-electron chi connectivity index (χ2n) is 16.1. The molecule has 5 heterocycles. The zero-order chi connectivity index (χ0) is 41.2. The van der Waals surface area contributed by atoms with Crippen LogP contribution in [0.15, 0.2) is 42.5 Å². The van der Waals surface area contributed by atoms with Gasteiger partial charge < -0.3 is 25.2 Å². The number of ether oxygens (including phenoxy) is 1. The number of hydrogen-bond donors (Lipinski definition) is 3. The molecule has 0 bridgehead atoms. The number of amides is 5. The van der Waals surface area contributed by atoms with Gasteiger partial charge in [0, 0.05) is 57.3 Å². The van der Waals surface area contributed by atoms with Gasteiger partial charge in [0.15, 0.2) is 11.5 Å². The number of benzene rings is 2. The first-order valence-corrected chi connectivity index (χ1v) is 20.7. The molecule has 4 fully saturated rings. The Kier molecular flexibility index (Phi) is 11.8. The molecule has 2 aromatic carbocycles. The first-order chi connectivity index (χ1) is 28.5. The Morgan fingerprint density at radius 2 is 1.61 bits per heavy atom. The molecule has 17 heteroatoms. The number of nitrogens with zero attached hydrogens (tertiary/aromatic N) is 6. The third-order valence-electron chi connectivity index (χ3n) is 12.2. The zero-order valence-corrected chi connectivity index (χ0v) is 33.2. The molecule has 1 atom stereocenters. The molecule has 59 heavy (non-hydrogen) atoms. The number of carbonyl (C=O) groups excluding carboxylic acids is 5. The molecule has 1 unspecified atom stereocenters. The fraction of sp³-hybridized carbons (Fsp3) is 0.476. The van der Waals surface area contributed by atoms with E-state index in [9.17, 15) is 24.0 Å². The van der Waals surface area contributed by atoms with E-state index in [1.807, 2.05) is 12.1 Å². The van der Waals surface area contributed by atoms with Crippen LogP contribution in [0.1, 0.15) is 101 Å². The molecule has 0 radical (unpaired) electrons. The van der Waals surface area contributed by atoms with Crippen LogP contribution in [-0.4, -0.2) is 106 Å². The fourth-order valence-corrected chi connectivity index (χ4v) is 9.06. The van der Waals surface area contributed by atoms with Gasteiger partial charge in [-0.25, -0.2) is 4.39 Å². The van der Waals surface area contributed by atoms with E-state index in [4.69, 9.17) is 21.6 Å². The number of imide groups is 2. The number of halogens is 2. The minimum atomic E-state index is -1.11. The molecule has 3 aromatic rings. The maximum absolute atomic E-state index is 15.2. The molecule has 15 nitrogen and oxygen atoms in total. The summed E-state index contributed by atoms with van der Waals surface area (Å²) in [5.74, 6) is -1.55. The molecular formula is C42H45ClFN9O6. The van der Waals surface area contributed by atoms with Crippen LogP contribution in [0.4, 0.5) is 15.9 Å². The lowest BCUT2D eigenvalue weighted by Crippen LogP contribution is -2.54. The molecule has 5 amide bonds. The molecule has 1 saturated carbocycles. The van der Waals surface area contributed by atoms with Crippen molar-refractivity contribution in [3.05, 3.63) is 75.7 Å². The van der Waals surface area contributed by atoms with Crippen molar-refractivity contribution in [1.82, 2.24) is 30.6 Å². The Bertz CT molecular complexity index is 2180. The summed E-state index contributed by atoms with van der Waals surface area (Å²) < 4.78 is 21.3. The summed E-state index contributed by atoms with van der Waals surface area (Å²) in [6, 6.07) is 12.0. The van der Waals surface area contributed by atoms with Crippen molar-refractivity contribution in [2.75, 3.05) is 42.9 Å². The van der Waals surface area contributed by atoms with Gasteiger partial charge in [0.1, 0.15) is 23.7 Å². The Balaban J connectivity index is 0.747. The quantitative estimate of drug-likeness (QED) is 0.244. The summed E-state index contributed by atoms with van der Waals surface area (Å²) in [4.78, 5) is 68.7. The number of nitriles is 1. The summed E-state index contributed by atoms with van der Waals surface area (Å²) in [5.41, 5.74) is 0.804. The Hall–Kier alpha value is -5.66. The molecule has 8 rings (SSSR count). The summed E-state index contributed by atoms with van der Waals surface area (Å²) in [6.45, 7) is 4.31. The number of piperidine rings is 3. The highest BCUT2D eigenvalue weighted by atomic mass is 35.5. The van der Waals surface area contributed by atoms with E-state index in [2.05, 4.69) is 35.9 Å². The maximum atomic E-state index is 15.2. The number of aromatic nitrogens is 2. The first-order valence-electron chi connectivity index (χ1n) is 20.3. The van der Waals surface area contributed by atoms with E-state index in [1.165, 1.54) is 6.07 Å². The van der Waals surface area contributed by atoms with Gasteiger partial charge in [0.25, 0.3) is 17.7 Å². The van der Waals surface area contributed by atoms with Gasteiger partial charge in [-0.15, -0.1) is 10.2 Å². The second-order valence-corrected chi connectivity index (χ2v) is 16.5. The van der Waals surface area contributed by atoms with Crippen LogP contribution in [0.3, 0.4) is 0 Å². The average Bonchev–Trinajstić information content (AvgIpc) is 3.47. The van der Waals surface area contributed by atoms with Gasteiger partial charge in [-0.1, -0.05) is 11.6 Å². The molecule has 1 aliphatic carbocycles. The van der Waals surface area contributed by atoms with E-state index < -0.39 is 35.5 Å². The molecule has 3 saturated heterocycles. The third kappa shape index (κ3) is 8.86. The molecule has 1 aromatic heterocycles. The summed E-state index contributed by atoms with van der Waals surface area (Å²) in [7, 11) is 0. The molecule has 3 N–H and O–H groups in total. The van der Waals surface area contributed by atoms with Crippen molar-refractivity contribution < 1.29 is 33.1 Å². The van der Waals surface area contributed by atoms with Gasteiger partial charge in [-0.05, 0) is 100 Å². The summed E-state index contributed by atoms with van der Waals surface area (Å²) in [6.07, 6.45) is 6.72. The monoisotopic (exact) mass is 825 g/mol. The highest BCUT2D eigenvalue weighted by Gasteiger charge is 2.45. The molecule has 0 spiro atoms. The second kappa shape index (κ2) is 17.3. The van der Waals surface area contributed by atoms with E-state index in [1.54, 1.807) is 24.3 Å². The van der Waals surface area contributed by atoms with Gasteiger partial charge in [0.2, 0.25) is 11.8 Å². The third-order valence-corrected chi connectivity index (χ3v) is 12.5. The SMILES string of the molecule is N#Cc1ccc(O[C@H]2CC[C@H](NC(=O)c3ccc(N4CCC(CN5CCC(Nc6cc7c(cc6F)C(=O)N(C6CCC(=O)NC6=O)C7=O)CC5)CC4)nn3)CC2)cc1Cl. The topological polar surface area (TPSA) is 190 Å². The van der Waals surface area contributed by atoms with E-state index in [0.717, 1.165) is 101 Å².